The number of hydrogen-bond donors (Lipinski definition) is 1. The molecule has 5 nitrogen and oxygen atoms in total. The minimum atomic E-state index is -0.115. The molecule has 0 aromatic heterocycles. The van der Waals surface area contributed by atoms with E-state index in [-0.39, 0.29) is 36.7 Å². The van der Waals surface area contributed by atoms with Crippen LogP contribution in [0.4, 0.5) is 0 Å². The van der Waals surface area contributed by atoms with Crippen molar-refractivity contribution in [2.45, 2.75) is 25.4 Å². The molecule has 0 radical (unpaired) electrons. The summed E-state index contributed by atoms with van der Waals surface area (Å²) in [7, 11) is 0. The predicted molar refractivity (Wildman–Crippen MR) is 132 cm³/mol. The van der Waals surface area contributed by atoms with Crippen molar-refractivity contribution in [2.24, 2.45) is 0 Å². The molecule has 3 aromatic carbocycles. The summed E-state index contributed by atoms with van der Waals surface area (Å²) in [4.78, 5) is 27.2. The number of carbonyl (C=O) groups is 2. The van der Waals surface area contributed by atoms with Crippen molar-refractivity contribution in [3.63, 3.8) is 0 Å². The van der Waals surface area contributed by atoms with Gasteiger partial charge in [-0.05, 0) is 42.7 Å². The number of nitrogens with one attached hydrogen (secondary N) is 1. The van der Waals surface area contributed by atoms with E-state index in [0.717, 1.165) is 32.5 Å². The molecular weight excluding hydrogens is 436 g/mol. The molecule has 1 N–H and O–H groups in total. The number of carbonyl (C=O) groups excluding carboxylic acids is 2. The first-order valence-electron chi connectivity index (χ1n) is 11.1. The van der Waals surface area contributed by atoms with Crippen LogP contribution < -0.4 is 10.1 Å². The van der Waals surface area contributed by atoms with Gasteiger partial charge in [0, 0.05) is 36.8 Å². The molecule has 4 rings (SSSR count). The molecule has 3 aromatic rings. The molecule has 0 aliphatic carbocycles. The van der Waals surface area contributed by atoms with Gasteiger partial charge in [-0.2, -0.15) is 0 Å². The quantitative estimate of drug-likeness (QED) is 0.499. The van der Waals surface area contributed by atoms with Crippen molar-refractivity contribution in [1.82, 2.24) is 10.2 Å². The van der Waals surface area contributed by atoms with Crippen LogP contribution in [0.2, 0.25) is 0 Å². The molecule has 6 heteroatoms. The monoisotopic (exact) mass is 464 g/mol. The van der Waals surface area contributed by atoms with Gasteiger partial charge < -0.3 is 10.1 Å². The van der Waals surface area contributed by atoms with Gasteiger partial charge in [-0.15, -0.1) is 12.4 Å². The first kappa shape index (κ1) is 24.5. The lowest BCUT2D eigenvalue weighted by Gasteiger charge is -2.32. The molecule has 1 fully saturated rings. The largest absolute Gasteiger partial charge is 0.484 e. The zero-order valence-electron chi connectivity index (χ0n) is 18.5. The molecule has 0 spiro atoms. The van der Waals surface area contributed by atoms with Crippen molar-refractivity contribution in [3.05, 3.63) is 102 Å². The Hall–Kier alpha value is -3.15. The highest BCUT2D eigenvalue weighted by atomic mass is 35.5. The molecular formula is C27H29ClN2O3. The maximum absolute atomic E-state index is 12.5. The Kier molecular flexibility index (Phi) is 9.04. The van der Waals surface area contributed by atoms with E-state index in [1.807, 2.05) is 24.3 Å². The third kappa shape index (κ3) is 7.17. The van der Waals surface area contributed by atoms with Gasteiger partial charge in [0.25, 0.3) is 5.91 Å². The van der Waals surface area contributed by atoms with Crippen LogP contribution in [0.15, 0.2) is 84.9 Å². The second-order valence-electron chi connectivity index (χ2n) is 8.11. The molecule has 33 heavy (non-hydrogen) atoms. The van der Waals surface area contributed by atoms with Crippen molar-refractivity contribution >= 4 is 24.1 Å². The van der Waals surface area contributed by atoms with Gasteiger partial charge >= 0.3 is 0 Å². The summed E-state index contributed by atoms with van der Waals surface area (Å²) in [6.07, 6.45) is 1.88. The van der Waals surface area contributed by atoms with Gasteiger partial charge in [-0.1, -0.05) is 60.7 Å². The van der Waals surface area contributed by atoms with Crippen LogP contribution in [0, 0.1) is 0 Å². The average Bonchev–Trinajstić information content (AvgIpc) is 2.85. The van der Waals surface area contributed by atoms with Crippen LogP contribution in [0.5, 0.6) is 5.75 Å². The van der Waals surface area contributed by atoms with E-state index in [9.17, 15) is 9.59 Å². The van der Waals surface area contributed by atoms with E-state index < -0.39 is 0 Å². The topological polar surface area (TPSA) is 58.6 Å². The number of amides is 1. The van der Waals surface area contributed by atoms with Gasteiger partial charge in [0.05, 0.1) is 0 Å². The fourth-order valence-electron chi connectivity index (χ4n) is 3.95. The highest BCUT2D eigenvalue weighted by Gasteiger charge is 2.21. The molecule has 0 atom stereocenters. The lowest BCUT2D eigenvalue weighted by atomic mass is 10.0. The Morgan fingerprint density at radius 1 is 0.818 bits per heavy atom. The predicted octanol–water partition coefficient (Wildman–Crippen LogP) is 4.50. The molecule has 1 heterocycles. The molecule has 172 valence electrons. The van der Waals surface area contributed by atoms with Crippen LogP contribution in [0.25, 0.3) is 0 Å². The molecule has 1 aliphatic rings. The molecule has 1 aliphatic heterocycles. The average molecular weight is 465 g/mol. The Bertz CT molecular complexity index is 1020. The molecule has 1 saturated heterocycles. The smallest absolute Gasteiger partial charge is 0.258 e. The maximum atomic E-state index is 12.5. The first-order chi connectivity index (χ1) is 15.7. The lowest BCUT2D eigenvalue weighted by Crippen LogP contribution is -2.45. The maximum Gasteiger partial charge on any atom is 0.258 e. The van der Waals surface area contributed by atoms with Crippen LogP contribution in [0.1, 0.15) is 34.3 Å². The van der Waals surface area contributed by atoms with Crippen molar-refractivity contribution in [1.29, 1.82) is 0 Å². The molecule has 1 amide bonds. The summed E-state index contributed by atoms with van der Waals surface area (Å²) in [6, 6.07) is 26.7. The Morgan fingerprint density at radius 3 is 2.03 bits per heavy atom. The number of nitrogens with zero attached hydrogens (tertiary/aromatic N) is 1. The number of hydrogen-bond acceptors (Lipinski definition) is 4. The van der Waals surface area contributed by atoms with Crippen LogP contribution in [0.3, 0.4) is 0 Å². The first-order valence-corrected chi connectivity index (χ1v) is 11.1. The number of rotatable bonds is 8. The fourth-order valence-corrected chi connectivity index (χ4v) is 3.95. The molecule has 0 saturated carbocycles. The minimum absolute atomic E-state index is 0. The van der Waals surface area contributed by atoms with Gasteiger partial charge in [0.15, 0.2) is 12.4 Å². The van der Waals surface area contributed by atoms with Crippen LogP contribution in [-0.4, -0.2) is 42.3 Å². The van der Waals surface area contributed by atoms with Crippen molar-refractivity contribution < 1.29 is 14.3 Å². The summed E-state index contributed by atoms with van der Waals surface area (Å²) < 4.78 is 5.62. The van der Waals surface area contributed by atoms with Crippen LogP contribution in [-0.2, 0) is 11.3 Å². The summed E-state index contributed by atoms with van der Waals surface area (Å²) in [5.41, 5.74) is 2.56. The standard InChI is InChI=1S/C27H28N2O3.ClH/c30-26(28-24-15-17-29(18-16-24)19-21-7-3-1-4-8-21)20-32-25-13-11-23(12-14-25)27(31)22-9-5-2-6-10-22;/h1-14,24H,15-20H2,(H,28,30);1H. The third-order valence-electron chi connectivity index (χ3n) is 5.72. The normalized spacial score (nSPS) is 14.2. The second-order valence-corrected chi connectivity index (χ2v) is 8.11. The highest BCUT2D eigenvalue weighted by molar-refractivity contribution is 6.08. The number of ketones is 1. The zero-order valence-corrected chi connectivity index (χ0v) is 19.3. The van der Waals surface area contributed by atoms with Crippen molar-refractivity contribution in [2.75, 3.05) is 19.7 Å². The number of piperidine rings is 1. The van der Waals surface area contributed by atoms with E-state index in [2.05, 4.69) is 34.5 Å². The van der Waals surface area contributed by atoms with Gasteiger partial charge in [-0.3, -0.25) is 14.5 Å². The van der Waals surface area contributed by atoms with E-state index in [0.29, 0.717) is 16.9 Å². The number of ether oxygens (including phenoxy) is 1. The number of benzene rings is 3. The Morgan fingerprint density at radius 2 is 1.39 bits per heavy atom. The van der Waals surface area contributed by atoms with Gasteiger partial charge in [0.1, 0.15) is 5.75 Å². The third-order valence-corrected chi connectivity index (χ3v) is 5.72. The van der Waals surface area contributed by atoms with Crippen molar-refractivity contribution in [3.8, 4) is 5.75 Å². The SMILES string of the molecule is Cl.O=C(COc1ccc(C(=O)c2ccccc2)cc1)NC1CCN(Cc2ccccc2)CC1. The summed E-state index contributed by atoms with van der Waals surface area (Å²) >= 11 is 0. The highest BCUT2D eigenvalue weighted by Crippen LogP contribution is 2.16. The van der Waals surface area contributed by atoms with Crippen LogP contribution >= 0.6 is 12.4 Å². The number of likely N-dealkylation sites (tertiary alicyclic amines) is 1. The van der Waals surface area contributed by atoms with E-state index in [1.165, 1.54) is 5.56 Å². The summed E-state index contributed by atoms with van der Waals surface area (Å²) in [6.45, 7) is 2.86. The van der Waals surface area contributed by atoms with Gasteiger partial charge in [0.2, 0.25) is 0 Å². The van der Waals surface area contributed by atoms with Gasteiger partial charge in [-0.25, -0.2) is 0 Å². The Balaban J connectivity index is 0.00000306. The fraction of sp³-hybridized carbons (Fsp3) is 0.259. The van der Waals surface area contributed by atoms with E-state index >= 15 is 0 Å². The lowest BCUT2D eigenvalue weighted by molar-refractivity contribution is -0.124. The zero-order chi connectivity index (χ0) is 22.2. The summed E-state index contributed by atoms with van der Waals surface area (Å²) in [5.74, 6) is 0.423. The molecule has 0 bridgehead atoms. The number of halogens is 1. The molecule has 0 unspecified atom stereocenters. The van der Waals surface area contributed by atoms with E-state index in [1.54, 1.807) is 36.4 Å². The summed E-state index contributed by atoms with van der Waals surface area (Å²) in [5, 5.41) is 3.08. The second kappa shape index (κ2) is 12.2. The minimum Gasteiger partial charge on any atom is -0.484 e. The van der Waals surface area contributed by atoms with E-state index in [4.69, 9.17) is 4.74 Å². The Labute approximate surface area is 201 Å².